The molecule has 0 aliphatic rings. The van der Waals surface area contributed by atoms with Crippen LogP contribution in [0.25, 0.3) is 125 Å². The van der Waals surface area contributed by atoms with Crippen molar-refractivity contribution in [2.75, 3.05) is 0 Å². The van der Waals surface area contributed by atoms with Gasteiger partial charge in [0.2, 0.25) is 0 Å². The number of fused-ring (bicyclic) bond motifs is 12. The number of furan rings is 1. The quantitative estimate of drug-likeness (QED) is 0.170. The monoisotopic (exact) mass is 684 g/mol. The van der Waals surface area contributed by atoms with Gasteiger partial charge in [-0.2, -0.15) is 0 Å². The maximum atomic E-state index is 6.84. The highest BCUT2D eigenvalue weighted by molar-refractivity contribution is 6.29. The Morgan fingerprint density at radius 2 is 1.02 bits per heavy atom. The number of rotatable bonds is 2. The number of para-hydroxylation sites is 1. The molecule has 3 aromatic heterocycles. The van der Waals surface area contributed by atoms with E-state index in [0.29, 0.717) is 0 Å². The van der Waals surface area contributed by atoms with Crippen LogP contribution in [0, 0.1) is 0 Å². The van der Waals surface area contributed by atoms with Crippen molar-refractivity contribution in [3.63, 3.8) is 0 Å². The van der Waals surface area contributed by atoms with E-state index in [1.54, 1.807) is 0 Å². The number of hydrogen-bond donors (Lipinski definition) is 0. The zero-order valence-electron chi connectivity index (χ0n) is 29.0. The molecule has 0 radical (unpaired) electrons. The molecule has 54 heavy (non-hydrogen) atoms. The topological polar surface area (TPSA) is 31.0 Å². The van der Waals surface area contributed by atoms with Crippen molar-refractivity contribution >= 4 is 108 Å². The molecule has 10 aromatic carbocycles. The fourth-order valence-corrected chi connectivity index (χ4v) is 9.61. The van der Waals surface area contributed by atoms with Crippen LogP contribution in [0.15, 0.2) is 175 Å². The summed E-state index contributed by atoms with van der Waals surface area (Å²) in [5, 5.41) is 19.7. The molecule has 0 spiro atoms. The third-order valence-corrected chi connectivity index (χ3v) is 12.0. The first kappa shape index (κ1) is 28.4. The van der Waals surface area contributed by atoms with Crippen molar-refractivity contribution in [3.05, 3.63) is 170 Å². The van der Waals surface area contributed by atoms with Gasteiger partial charge >= 0.3 is 0 Å². The molecule has 13 aromatic rings. The van der Waals surface area contributed by atoms with Crippen LogP contribution in [-0.4, -0.2) is 9.55 Å². The Labute approximate surface area is 308 Å². The molecule has 0 fully saturated rings. The summed E-state index contributed by atoms with van der Waals surface area (Å²) in [5.41, 5.74) is 7.35. The zero-order valence-corrected chi connectivity index (χ0v) is 29.0. The molecule has 0 atom stereocenters. The summed E-state index contributed by atoms with van der Waals surface area (Å²) in [5.74, 6) is 0. The Hall–Kier alpha value is -7.23. The molecule has 0 N–H and O–H groups in total. The molecule has 0 saturated heterocycles. The standard InChI is InChI=1S/C51H28N2O/c1-3-12-35-33(10-1)34-11-2-4-13-36(34)40-26-48-42(25-39(35)40)44-28-52-27-43(51(44)54-48)32-20-23-47-41(24-32)37-14-5-6-15-45(37)53(47)46-22-19-31-17-16-29-8-7-9-30-18-21-38(46)50(31)49(29)30/h1-28H. The molecule has 0 amide bonds. The van der Waals surface area contributed by atoms with Crippen LogP contribution in [0.1, 0.15) is 0 Å². The molecule has 0 aliphatic carbocycles. The van der Waals surface area contributed by atoms with E-state index in [-0.39, 0.29) is 0 Å². The van der Waals surface area contributed by atoms with E-state index in [2.05, 4.69) is 162 Å². The van der Waals surface area contributed by atoms with Crippen LogP contribution in [-0.2, 0) is 0 Å². The summed E-state index contributed by atoms with van der Waals surface area (Å²) < 4.78 is 9.29. The molecule has 0 aliphatic heterocycles. The highest BCUT2D eigenvalue weighted by Gasteiger charge is 2.20. The number of benzene rings is 10. The maximum Gasteiger partial charge on any atom is 0.146 e. The van der Waals surface area contributed by atoms with Gasteiger partial charge in [0.25, 0.3) is 0 Å². The summed E-state index contributed by atoms with van der Waals surface area (Å²) in [6, 6.07) is 57.8. The summed E-state index contributed by atoms with van der Waals surface area (Å²) in [6.45, 7) is 0. The van der Waals surface area contributed by atoms with Crippen molar-refractivity contribution in [3.8, 4) is 16.8 Å². The van der Waals surface area contributed by atoms with Gasteiger partial charge in [-0.15, -0.1) is 0 Å². The second-order valence-corrected chi connectivity index (χ2v) is 14.7. The van der Waals surface area contributed by atoms with Gasteiger partial charge in [-0.05, 0) is 101 Å². The van der Waals surface area contributed by atoms with E-state index in [1.165, 1.54) is 92.1 Å². The highest BCUT2D eigenvalue weighted by atomic mass is 16.3. The summed E-state index contributed by atoms with van der Waals surface area (Å²) >= 11 is 0. The fourth-order valence-electron chi connectivity index (χ4n) is 9.61. The molecular weight excluding hydrogens is 657 g/mol. The highest BCUT2D eigenvalue weighted by Crippen LogP contribution is 2.44. The van der Waals surface area contributed by atoms with Crippen molar-refractivity contribution in [2.24, 2.45) is 0 Å². The van der Waals surface area contributed by atoms with Gasteiger partial charge in [0.1, 0.15) is 11.2 Å². The summed E-state index contributed by atoms with van der Waals surface area (Å²) in [6.07, 6.45) is 3.91. The van der Waals surface area contributed by atoms with E-state index in [0.717, 1.165) is 33.1 Å². The second-order valence-electron chi connectivity index (χ2n) is 14.7. The van der Waals surface area contributed by atoms with Gasteiger partial charge in [-0.1, -0.05) is 121 Å². The van der Waals surface area contributed by atoms with Gasteiger partial charge in [0.05, 0.1) is 16.7 Å². The van der Waals surface area contributed by atoms with Crippen LogP contribution in [0.4, 0.5) is 0 Å². The van der Waals surface area contributed by atoms with E-state index in [4.69, 9.17) is 9.40 Å². The molecule has 0 saturated carbocycles. The van der Waals surface area contributed by atoms with Gasteiger partial charge < -0.3 is 8.98 Å². The van der Waals surface area contributed by atoms with Crippen LogP contribution < -0.4 is 0 Å². The lowest BCUT2D eigenvalue weighted by Crippen LogP contribution is -1.96. The lowest BCUT2D eigenvalue weighted by Gasteiger charge is -2.16. The lowest BCUT2D eigenvalue weighted by molar-refractivity contribution is 0.670. The van der Waals surface area contributed by atoms with Gasteiger partial charge in [0.15, 0.2) is 0 Å². The third kappa shape index (κ3) is 3.63. The Morgan fingerprint density at radius 3 is 1.80 bits per heavy atom. The van der Waals surface area contributed by atoms with Crippen molar-refractivity contribution in [1.82, 2.24) is 9.55 Å². The molecule has 0 unspecified atom stereocenters. The first-order valence-corrected chi connectivity index (χ1v) is 18.5. The lowest BCUT2D eigenvalue weighted by atomic mass is 9.93. The van der Waals surface area contributed by atoms with Crippen molar-refractivity contribution in [2.45, 2.75) is 0 Å². The van der Waals surface area contributed by atoms with E-state index >= 15 is 0 Å². The largest absolute Gasteiger partial charge is 0.455 e. The minimum Gasteiger partial charge on any atom is -0.455 e. The first-order chi connectivity index (χ1) is 26.8. The third-order valence-electron chi connectivity index (χ3n) is 12.0. The van der Waals surface area contributed by atoms with E-state index in [1.807, 2.05) is 12.4 Å². The molecule has 3 heteroatoms. The second kappa shape index (κ2) is 10.2. The first-order valence-electron chi connectivity index (χ1n) is 18.5. The maximum absolute atomic E-state index is 6.84. The number of aromatic nitrogens is 2. The van der Waals surface area contributed by atoms with E-state index < -0.39 is 0 Å². The van der Waals surface area contributed by atoms with Crippen molar-refractivity contribution in [1.29, 1.82) is 0 Å². The van der Waals surface area contributed by atoms with Gasteiger partial charge in [-0.3, -0.25) is 4.98 Å². The predicted molar refractivity (Wildman–Crippen MR) is 228 cm³/mol. The Kier molecular flexibility index (Phi) is 5.37. The molecular formula is C51H28N2O. The Bertz CT molecular complexity index is 3720. The van der Waals surface area contributed by atoms with Crippen LogP contribution in [0.3, 0.4) is 0 Å². The summed E-state index contributed by atoms with van der Waals surface area (Å²) in [4.78, 5) is 4.81. The molecule has 13 rings (SSSR count). The van der Waals surface area contributed by atoms with Crippen LogP contribution in [0.2, 0.25) is 0 Å². The molecule has 3 nitrogen and oxygen atoms in total. The number of hydrogen-bond acceptors (Lipinski definition) is 2. The number of nitrogens with zero attached hydrogens (tertiary/aromatic N) is 2. The van der Waals surface area contributed by atoms with Crippen LogP contribution >= 0.6 is 0 Å². The van der Waals surface area contributed by atoms with Crippen molar-refractivity contribution < 1.29 is 4.42 Å². The van der Waals surface area contributed by atoms with Gasteiger partial charge in [-0.25, -0.2) is 0 Å². The Morgan fingerprint density at radius 1 is 0.389 bits per heavy atom. The van der Waals surface area contributed by atoms with Crippen LogP contribution in [0.5, 0.6) is 0 Å². The average molecular weight is 685 g/mol. The zero-order chi connectivity index (χ0) is 35.1. The van der Waals surface area contributed by atoms with E-state index in [9.17, 15) is 0 Å². The average Bonchev–Trinajstić information content (AvgIpc) is 3.77. The normalized spacial score (nSPS) is 12.4. The molecule has 3 heterocycles. The minimum atomic E-state index is 0.860. The SMILES string of the molecule is c1cc2ccc3ccc(-n4c5ccccc5c5cc(-c6cncc7c6oc6cc8c9ccccc9c9ccccc9c8cc67)ccc54)c4ccc(c1)c2c34. The molecule has 248 valence electrons. The van der Waals surface area contributed by atoms with Gasteiger partial charge in [0, 0.05) is 44.9 Å². The fraction of sp³-hybridized carbons (Fsp3) is 0. The minimum absolute atomic E-state index is 0.860. The summed E-state index contributed by atoms with van der Waals surface area (Å²) in [7, 11) is 0. The predicted octanol–water partition coefficient (Wildman–Crippen LogP) is 14.1. The molecule has 0 bridgehead atoms. The number of pyridine rings is 1. The Balaban J connectivity index is 1.06. The smallest absolute Gasteiger partial charge is 0.146 e.